The van der Waals surface area contributed by atoms with Gasteiger partial charge in [0.25, 0.3) is 10.1 Å². The summed E-state index contributed by atoms with van der Waals surface area (Å²) < 4.78 is 32.6. The predicted octanol–water partition coefficient (Wildman–Crippen LogP) is 7.47. The second-order valence-corrected chi connectivity index (χ2v) is 9.36. The van der Waals surface area contributed by atoms with Crippen molar-refractivity contribution >= 4 is 10.1 Å². The van der Waals surface area contributed by atoms with Crippen LogP contribution in [-0.2, 0) is 10.1 Å². The second kappa shape index (κ2) is 19.6. The molecule has 4 nitrogen and oxygen atoms in total. The van der Waals surface area contributed by atoms with Gasteiger partial charge in [-0.3, -0.25) is 4.55 Å². The molecule has 0 saturated carbocycles. The van der Waals surface area contributed by atoms with Crippen molar-refractivity contribution in [2.24, 2.45) is 0 Å². The molecule has 0 amide bonds. The molecule has 26 heavy (non-hydrogen) atoms. The standard InChI is InChI=1S/C21H44O3S.H3N/c1-3-5-7-9-11-12-14-16-18-20-21(25(22,23)24)19-17-15-13-10-8-6-4-2;/h21H,3-20H2,1-2H3,(H,22,23,24);1H3. The van der Waals surface area contributed by atoms with E-state index in [4.69, 9.17) is 0 Å². The Labute approximate surface area is 164 Å². The lowest BCUT2D eigenvalue weighted by molar-refractivity contribution is 0.442. The molecule has 0 aromatic heterocycles. The fraction of sp³-hybridized carbons (Fsp3) is 1.00. The molecular formula is C21H47NO3S. The summed E-state index contributed by atoms with van der Waals surface area (Å²) in [4.78, 5) is 0. The Hall–Kier alpha value is -0.130. The molecule has 0 saturated heterocycles. The third-order valence-corrected chi connectivity index (χ3v) is 6.49. The van der Waals surface area contributed by atoms with Gasteiger partial charge in [0.2, 0.25) is 0 Å². The monoisotopic (exact) mass is 393 g/mol. The second-order valence-electron chi connectivity index (χ2n) is 7.66. The lowest BCUT2D eigenvalue weighted by Gasteiger charge is -2.13. The quantitative estimate of drug-likeness (QED) is 0.176. The molecular weight excluding hydrogens is 346 g/mol. The van der Waals surface area contributed by atoms with E-state index in [-0.39, 0.29) is 6.15 Å². The molecule has 0 aliphatic rings. The highest BCUT2D eigenvalue weighted by atomic mass is 32.2. The molecule has 1 atom stereocenters. The molecule has 5 heteroatoms. The van der Waals surface area contributed by atoms with E-state index in [0.717, 1.165) is 25.7 Å². The number of hydrogen-bond donors (Lipinski definition) is 2. The van der Waals surface area contributed by atoms with Crippen molar-refractivity contribution in [2.45, 2.75) is 135 Å². The van der Waals surface area contributed by atoms with Crippen LogP contribution in [0.15, 0.2) is 0 Å². The van der Waals surface area contributed by atoms with Crippen LogP contribution >= 0.6 is 0 Å². The van der Waals surface area contributed by atoms with Crippen LogP contribution in [0.2, 0.25) is 0 Å². The van der Waals surface area contributed by atoms with Gasteiger partial charge in [-0.25, -0.2) is 0 Å². The van der Waals surface area contributed by atoms with E-state index >= 15 is 0 Å². The van der Waals surface area contributed by atoms with Crippen LogP contribution in [0.25, 0.3) is 0 Å². The Morgan fingerprint density at radius 2 is 0.846 bits per heavy atom. The van der Waals surface area contributed by atoms with Crippen LogP contribution in [0.5, 0.6) is 0 Å². The smallest absolute Gasteiger partial charge is 0.267 e. The molecule has 0 heterocycles. The van der Waals surface area contributed by atoms with Gasteiger partial charge < -0.3 is 6.15 Å². The zero-order valence-corrected chi connectivity index (χ0v) is 18.5. The first kappa shape index (κ1) is 28.1. The number of rotatable bonds is 19. The first-order valence-corrected chi connectivity index (χ1v) is 12.5. The van der Waals surface area contributed by atoms with Crippen molar-refractivity contribution in [2.75, 3.05) is 0 Å². The fourth-order valence-corrected chi connectivity index (χ4v) is 4.38. The van der Waals surface area contributed by atoms with Crippen molar-refractivity contribution < 1.29 is 13.0 Å². The molecule has 0 spiro atoms. The summed E-state index contributed by atoms with van der Waals surface area (Å²) in [7, 11) is -3.87. The summed E-state index contributed by atoms with van der Waals surface area (Å²) in [6, 6.07) is 0. The Morgan fingerprint density at radius 3 is 1.12 bits per heavy atom. The molecule has 0 rings (SSSR count). The van der Waals surface area contributed by atoms with Crippen LogP contribution in [0.3, 0.4) is 0 Å². The third-order valence-electron chi connectivity index (χ3n) is 5.18. The maximum absolute atomic E-state index is 11.6. The van der Waals surface area contributed by atoms with E-state index in [0.29, 0.717) is 12.8 Å². The minimum absolute atomic E-state index is 0. The zero-order chi connectivity index (χ0) is 18.8. The molecule has 0 radical (unpaired) electrons. The highest BCUT2D eigenvalue weighted by Crippen LogP contribution is 2.19. The Morgan fingerprint density at radius 1 is 0.577 bits per heavy atom. The number of unbranched alkanes of at least 4 members (excludes halogenated alkanes) is 14. The van der Waals surface area contributed by atoms with Gasteiger partial charge in [-0.2, -0.15) is 8.42 Å². The zero-order valence-electron chi connectivity index (χ0n) is 17.7. The average Bonchev–Trinajstić information content (AvgIpc) is 2.56. The van der Waals surface area contributed by atoms with E-state index in [2.05, 4.69) is 13.8 Å². The van der Waals surface area contributed by atoms with E-state index < -0.39 is 15.4 Å². The average molecular weight is 394 g/mol. The van der Waals surface area contributed by atoms with E-state index in [1.165, 1.54) is 77.0 Å². The molecule has 160 valence electrons. The van der Waals surface area contributed by atoms with Crippen molar-refractivity contribution in [3.05, 3.63) is 0 Å². The van der Waals surface area contributed by atoms with E-state index in [9.17, 15) is 13.0 Å². The molecule has 0 aromatic rings. The maximum atomic E-state index is 11.6. The maximum Gasteiger partial charge on any atom is 0.267 e. The first-order valence-electron chi connectivity index (χ1n) is 11.0. The predicted molar refractivity (Wildman–Crippen MR) is 115 cm³/mol. The Kier molecular flexibility index (Phi) is 21.2. The van der Waals surface area contributed by atoms with Gasteiger partial charge in [-0.05, 0) is 12.8 Å². The van der Waals surface area contributed by atoms with Gasteiger partial charge >= 0.3 is 0 Å². The largest absolute Gasteiger partial charge is 0.344 e. The first-order chi connectivity index (χ1) is 12.0. The number of hydrogen-bond acceptors (Lipinski definition) is 3. The van der Waals surface area contributed by atoms with Gasteiger partial charge in [-0.15, -0.1) is 0 Å². The van der Waals surface area contributed by atoms with Crippen LogP contribution in [-0.4, -0.2) is 18.2 Å². The summed E-state index contributed by atoms with van der Waals surface area (Å²) in [6.45, 7) is 4.45. The highest BCUT2D eigenvalue weighted by molar-refractivity contribution is 7.86. The van der Waals surface area contributed by atoms with Gasteiger partial charge in [0.05, 0.1) is 5.25 Å². The van der Waals surface area contributed by atoms with Crippen molar-refractivity contribution in [3.8, 4) is 0 Å². The fourth-order valence-electron chi connectivity index (χ4n) is 3.45. The molecule has 0 aromatic carbocycles. The van der Waals surface area contributed by atoms with Gasteiger partial charge in [0.15, 0.2) is 0 Å². The van der Waals surface area contributed by atoms with Gasteiger partial charge in [-0.1, -0.05) is 117 Å². The summed E-state index contributed by atoms with van der Waals surface area (Å²) in [6.07, 6.45) is 20.6. The van der Waals surface area contributed by atoms with Crippen LogP contribution in [0.1, 0.15) is 129 Å². The summed E-state index contributed by atoms with van der Waals surface area (Å²) in [5.74, 6) is 0. The van der Waals surface area contributed by atoms with Crippen molar-refractivity contribution in [1.29, 1.82) is 0 Å². The van der Waals surface area contributed by atoms with Crippen LogP contribution in [0.4, 0.5) is 0 Å². The van der Waals surface area contributed by atoms with Crippen molar-refractivity contribution in [1.82, 2.24) is 6.15 Å². The highest BCUT2D eigenvalue weighted by Gasteiger charge is 2.21. The lowest BCUT2D eigenvalue weighted by Crippen LogP contribution is -2.20. The van der Waals surface area contributed by atoms with E-state index in [1.54, 1.807) is 0 Å². The minimum atomic E-state index is -3.87. The van der Waals surface area contributed by atoms with Crippen LogP contribution < -0.4 is 6.15 Å². The summed E-state index contributed by atoms with van der Waals surface area (Å²) in [5.41, 5.74) is 0. The third kappa shape index (κ3) is 18.7. The molecule has 0 fully saturated rings. The van der Waals surface area contributed by atoms with E-state index in [1.807, 2.05) is 0 Å². The van der Waals surface area contributed by atoms with Gasteiger partial charge in [0, 0.05) is 0 Å². The molecule has 1 unspecified atom stereocenters. The summed E-state index contributed by atoms with van der Waals surface area (Å²) >= 11 is 0. The topological polar surface area (TPSA) is 89.4 Å². The SMILES string of the molecule is CCCCCCCCCCCC(CCCCCCCCC)S(=O)(=O)O.N. The van der Waals surface area contributed by atoms with Crippen LogP contribution in [0, 0.1) is 0 Å². The Bertz CT molecular complexity index is 371. The Balaban J connectivity index is 0. The molecule has 4 N–H and O–H groups in total. The summed E-state index contributed by atoms with van der Waals surface area (Å²) in [5, 5.41) is -0.535. The molecule has 0 aliphatic carbocycles. The molecule has 0 bridgehead atoms. The lowest BCUT2D eigenvalue weighted by atomic mass is 10.0. The van der Waals surface area contributed by atoms with Gasteiger partial charge in [0.1, 0.15) is 0 Å². The minimum Gasteiger partial charge on any atom is -0.344 e. The normalized spacial score (nSPS) is 12.7. The van der Waals surface area contributed by atoms with Crippen molar-refractivity contribution in [3.63, 3.8) is 0 Å². The molecule has 0 aliphatic heterocycles.